The summed E-state index contributed by atoms with van der Waals surface area (Å²) in [5.74, 6) is 0.253. The van der Waals surface area contributed by atoms with Crippen molar-refractivity contribution in [1.82, 2.24) is 9.55 Å². The van der Waals surface area contributed by atoms with Crippen LogP contribution >= 0.6 is 15.9 Å². The number of hydrogen-bond donors (Lipinski definition) is 1. The van der Waals surface area contributed by atoms with Crippen LogP contribution in [0.1, 0.15) is 0 Å². The van der Waals surface area contributed by atoms with E-state index in [1.807, 2.05) is 4.57 Å². The summed E-state index contributed by atoms with van der Waals surface area (Å²) in [6.45, 7) is 4.28. The van der Waals surface area contributed by atoms with Crippen molar-refractivity contribution in [3.8, 4) is 0 Å². The zero-order valence-electron chi connectivity index (χ0n) is 9.03. The first-order chi connectivity index (χ1) is 8.22. The Morgan fingerprint density at radius 3 is 3.06 bits per heavy atom. The monoisotopic (exact) mass is 295 g/mol. The number of imidazole rings is 1. The second kappa shape index (κ2) is 5.14. The third kappa shape index (κ3) is 2.55. The summed E-state index contributed by atoms with van der Waals surface area (Å²) in [5.41, 5.74) is 0.379. The summed E-state index contributed by atoms with van der Waals surface area (Å²) in [4.78, 5) is 4.13. The zero-order valence-corrected chi connectivity index (χ0v) is 10.6. The highest BCUT2D eigenvalue weighted by atomic mass is 79.9. The first kappa shape index (κ1) is 11.9. The van der Waals surface area contributed by atoms with E-state index in [1.165, 1.54) is 6.07 Å². The van der Waals surface area contributed by atoms with Crippen molar-refractivity contribution in [2.45, 2.75) is 6.54 Å². The second-order valence-corrected chi connectivity index (χ2v) is 4.27. The van der Waals surface area contributed by atoms with Gasteiger partial charge >= 0.3 is 0 Å². The molecule has 0 saturated heterocycles. The van der Waals surface area contributed by atoms with Gasteiger partial charge in [-0.2, -0.15) is 0 Å². The van der Waals surface area contributed by atoms with Gasteiger partial charge in [0.1, 0.15) is 5.82 Å². The molecular formula is C12H11BrFN3. The average molecular weight is 296 g/mol. The van der Waals surface area contributed by atoms with E-state index in [1.54, 1.807) is 30.6 Å². The number of nitrogens with zero attached hydrogens (tertiary/aromatic N) is 2. The minimum absolute atomic E-state index is 0.326. The lowest BCUT2D eigenvalue weighted by Crippen LogP contribution is -2.03. The number of rotatable bonds is 4. The Hall–Kier alpha value is -1.62. The van der Waals surface area contributed by atoms with Crippen molar-refractivity contribution in [1.29, 1.82) is 0 Å². The Balaban J connectivity index is 2.31. The lowest BCUT2D eigenvalue weighted by atomic mass is 10.3. The molecule has 1 heterocycles. The van der Waals surface area contributed by atoms with Gasteiger partial charge in [0, 0.05) is 23.4 Å². The van der Waals surface area contributed by atoms with Crippen LogP contribution < -0.4 is 5.32 Å². The first-order valence-electron chi connectivity index (χ1n) is 5.05. The van der Waals surface area contributed by atoms with Gasteiger partial charge in [0.2, 0.25) is 5.95 Å². The standard InChI is InChI=1S/C12H11BrFN3/c1-2-7-17-8-6-15-12(17)16-11-9(13)4-3-5-10(11)14/h2-6,8H,1,7H2,(H,15,16). The van der Waals surface area contributed by atoms with Gasteiger partial charge in [-0.25, -0.2) is 9.37 Å². The summed E-state index contributed by atoms with van der Waals surface area (Å²) < 4.78 is 16.1. The maximum atomic E-state index is 13.6. The molecule has 0 radical (unpaired) electrons. The van der Waals surface area contributed by atoms with E-state index < -0.39 is 0 Å². The second-order valence-electron chi connectivity index (χ2n) is 3.41. The number of halogens is 2. The lowest BCUT2D eigenvalue weighted by molar-refractivity contribution is 0.630. The molecule has 2 aromatic rings. The predicted molar refractivity (Wildman–Crippen MR) is 69.8 cm³/mol. The highest BCUT2D eigenvalue weighted by Gasteiger charge is 2.09. The molecule has 3 nitrogen and oxygen atoms in total. The lowest BCUT2D eigenvalue weighted by Gasteiger charge is -2.10. The molecule has 0 atom stereocenters. The van der Waals surface area contributed by atoms with Crippen molar-refractivity contribution >= 4 is 27.6 Å². The number of allylic oxidation sites excluding steroid dienone is 1. The topological polar surface area (TPSA) is 29.9 Å². The first-order valence-corrected chi connectivity index (χ1v) is 5.84. The number of para-hydroxylation sites is 1. The molecule has 2 rings (SSSR count). The largest absolute Gasteiger partial charge is 0.322 e. The van der Waals surface area contributed by atoms with Crippen LogP contribution in [0.25, 0.3) is 0 Å². The van der Waals surface area contributed by atoms with Gasteiger partial charge in [-0.05, 0) is 28.1 Å². The van der Waals surface area contributed by atoms with E-state index in [-0.39, 0.29) is 5.82 Å². The number of aromatic nitrogens is 2. The quantitative estimate of drug-likeness (QED) is 0.872. The number of anilines is 2. The minimum atomic E-state index is -0.326. The Bertz CT molecular complexity index is 516. The Labute approximate surface area is 107 Å². The average Bonchev–Trinajstić information content (AvgIpc) is 2.72. The molecule has 0 amide bonds. The SMILES string of the molecule is C=CCn1ccnc1Nc1c(F)cccc1Br. The molecule has 0 unspecified atom stereocenters. The Kier molecular flexibility index (Phi) is 3.58. The van der Waals surface area contributed by atoms with Crippen LogP contribution in [0.4, 0.5) is 16.0 Å². The van der Waals surface area contributed by atoms with Crippen LogP contribution in [0.5, 0.6) is 0 Å². The van der Waals surface area contributed by atoms with Crippen molar-refractivity contribution in [2.75, 3.05) is 5.32 Å². The van der Waals surface area contributed by atoms with Gasteiger partial charge in [-0.1, -0.05) is 12.1 Å². The van der Waals surface area contributed by atoms with Gasteiger partial charge in [-0.3, -0.25) is 0 Å². The summed E-state index contributed by atoms with van der Waals surface area (Å²) in [7, 11) is 0. The molecule has 0 saturated carbocycles. The fourth-order valence-electron chi connectivity index (χ4n) is 1.45. The van der Waals surface area contributed by atoms with Crippen LogP contribution in [0.15, 0.2) is 47.7 Å². The maximum absolute atomic E-state index is 13.6. The minimum Gasteiger partial charge on any atom is -0.322 e. The normalized spacial score (nSPS) is 10.2. The third-order valence-corrected chi connectivity index (χ3v) is 2.90. The van der Waals surface area contributed by atoms with Gasteiger partial charge in [0.15, 0.2) is 0 Å². The van der Waals surface area contributed by atoms with E-state index in [0.29, 0.717) is 22.7 Å². The molecule has 0 fully saturated rings. The van der Waals surface area contributed by atoms with E-state index in [2.05, 4.69) is 32.8 Å². The van der Waals surface area contributed by atoms with Crippen LogP contribution in [-0.2, 0) is 6.54 Å². The summed E-state index contributed by atoms with van der Waals surface area (Å²) in [6, 6.07) is 4.81. The Morgan fingerprint density at radius 1 is 1.53 bits per heavy atom. The number of hydrogen-bond acceptors (Lipinski definition) is 2. The fraction of sp³-hybridized carbons (Fsp3) is 0.0833. The molecule has 0 aliphatic heterocycles. The van der Waals surface area contributed by atoms with E-state index in [9.17, 15) is 4.39 Å². The number of nitrogens with one attached hydrogen (secondary N) is 1. The van der Waals surface area contributed by atoms with Gasteiger partial charge in [0.05, 0.1) is 5.69 Å². The highest BCUT2D eigenvalue weighted by Crippen LogP contribution is 2.27. The molecule has 88 valence electrons. The maximum Gasteiger partial charge on any atom is 0.207 e. The van der Waals surface area contributed by atoms with Gasteiger partial charge in [-0.15, -0.1) is 6.58 Å². The van der Waals surface area contributed by atoms with Crippen LogP contribution in [-0.4, -0.2) is 9.55 Å². The molecule has 0 aliphatic rings. The molecule has 1 N–H and O–H groups in total. The molecule has 0 aliphatic carbocycles. The molecule has 1 aromatic heterocycles. The molecule has 0 bridgehead atoms. The third-order valence-electron chi connectivity index (χ3n) is 2.24. The predicted octanol–water partition coefficient (Wildman–Crippen LogP) is 3.71. The van der Waals surface area contributed by atoms with Crippen LogP contribution in [0.2, 0.25) is 0 Å². The van der Waals surface area contributed by atoms with Gasteiger partial charge < -0.3 is 9.88 Å². The van der Waals surface area contributed by atoms with Crippen molar-refractivity contribution in [3.63, 3.8) is 0 Å². The summed E-state index contributed by atoms with van der Waals surface area (Å²) in [5, 5.41) is 2.96. The molecule has 5 heteroatoms. The molecule has 0 spiro atoms. The van der Waals surface area contributed by atoms with Crippen molar-refractivity contribution < 1.29 is 4.39 Å². The fourth-order valence-corrected chi connectivity index (χ4v) is 1.89. The summed E-state index contributed by atoms with van der Waals surface area (Å²) in [6.07, 6.45) is 5.21. The van der Waals surface area contributed by atoms with Crippen molar-refractivity contribution in [2.24, 2.45) is 0 Å². The molecule has 17 heavy (non-hydrogen) atoms. The van der Waals surface area contributed by atoms with E-state index >= 15 is 0 Å². The zero-order chi connectivity index (χ0) is 12.3. The van der Waals surface area contributed by atoms with E-state index in [4.69, 9.17) is 0 Å². The van der Waals surface area contributed by atoms with E-state index in [0.717, 1.165) is 0 Å². The van der Waals surface area contributed by atoms with Crippen LogP contribution in [0.3, 0.4) is 0 Å². The Morgan fingerprint density at radius 2 is 2.35 bits per heavy atom. The van der Waals surface area contributed by atoms with Crippen LogP contribution in [0, 0.1) is 5.82 Å². The van der Waals surface area contributed by atoms with Gasteiger partial charge in [0.25, 0.3) is 0 Å². The highest BCUT2D eigenvalue weighted by molar-refractivity contribution is 9.10. The smallest absolute Gasteiger partial charge is 0.207 e. The number of benzene rings is 1. The molecule has 1 aromatic carbocycles. The van der Waals surface area contributed by atoms with Crippen molar-refractivity contribution in [3.05, 3.63) is 53.5 Å². The molecular weight excluding hydrogens is 285 g/mol. The summed E-state index contributed by atoms with van der Waals surface area (Å²) >= 11 is 3.30.